The Morgan fingerprint density at radius 2 is 1.79 bits per heavy atom. The van der Waals surface area contributed by atoms with Gasteiger partial charge in [0.1, 0.15) is 0 Å². The number of rotatable bonds is 1. The number of amides is 1. The van der Waals surface area contributed by atoms with Crippen LogP contribution < -0.4 is 5.32 Å². The van der Waals surface area contributed by atoms with Gasteiger partial charge in [0, 0.05) is 16.6 Å². The Hall–Kier alpha value is -1.90. The molecule has 0 aliphatic carbocycles. The molecule has 3 nitrogen and oxygen atoms in total. The summed E-state index contributed by atoms with van der Waals surface area (Å²) in [6.07, 6.45) is 0. The number of carbonyl (C=O) groups is 1. The summed E-state index contributed by atoms with van der Waals surface area (Å²) in [6, 6.07) is 7.77. The van der Waals surface area contributed by atoms with Gasteiger partial charge in [-0.25, -0.2) is 0 Å². The van der Waals surface area contributed by atoms with E-state index in [1.165, 1.54) is 0 Å². The maximum Gasteiger partial charge on any atom is 0.252 e. The third-order valence-electron chi connectivity index (χ3n) is 3.09. The molecule has 1 aromatic carbocycles. The molecule has 1 heterocycles. The van der Waals surface area contributed by atoms with Gasteiger partial charge in [-0.1, -0.05) is 18.2 Å². The Labute approximate surface area is 114 Å². The average molecular weight is 256 g/mol. The smallest absolute Gasteiger partial charge is 0.252 e. The maximum absolute atomic E-state index is 12.5. The largest absolute Gasteiger partial charge is 0.347 e. The molecule has 0 radical (unpaired) electrons. The van der Waals surface area contributed by atoms with Crippen LogP contribution in [0, 0.1) is 13.8 Å². The molecular formula is C16H20N2O. The van der Waals surface area contributed by atoms with Gasteiger partial charge in [0.05, 0.1) is 11.1 Å². The summed E-state index contributed by atoms with van der Waals surface area (Å²) in [6.45, 7) is 9.84. The molecule has 3 heteroatoms. The van der Waals surface area contributed by atoms with Crippen LogP contribution in [0.1, 0.15) is 42.4 Å². The van der Waals surface area contributed by atoms with E-state index in [1.54, 1.807) is 0 Å². The molecule has 1 amide bonds. The van der Waals surface area contributed by atoms with Crippen molar-refractivity contribution in [1.29, 1.82) is 0 Å². The summed E-state index contributed by atoms with van der Waals surface area (Å²) in [5.74, 6) is -0.0355. The Balaban J connectivity index is 2.64. The molecule has 0 aliphatic rings. The first-order valence-corrected chi connectivity index (χ1v) is 6.48. The van der Waals surface area contributed by atoms with E-state index in [2.05, 4.69) is 10.3 Å². The number of benzene rings is 1. The minimum absolute atomic E-state index is 0.0355. The number of nitrogens with zero attached hydrogens (tertiary/aromatic N) is 1. The third-order valence-corrected chi connectivity index (χ3v) is 3.09. The van der Waals surface area contributed by atoms with Gasteiger partial charge in [0.15, 0.2) is 0 Å². The SMILES string of the molecule is Cc1nc2ccccc2c(C(=O)NC(C)(C)C)c1C. The number of fused-ring (bicyclic) bond motifs is 1. The van der Waals surface area contributed by atoms with Crippen molar-refractivity contribution in [2.45, 2.75) is 40.2 Å². The lowest BCUT2D eigenvalue weighted by atomic mass is 9.99. The Bertz CT molecular complexity index is 639. The molecule has 100 valence electrons. The fourth-order valence-corrected chi connectivity index (χ4v) is 2.13. The van der Waals surface area contributed by atoms with Gasteiger partial charge >= 0.3 is 0 Å². The molecular weight excluding hydrogens is 236 g/mol. The summed E-state index contributed by atoms with van der Waals surface area (Å²) >= 11 is 0. The van der Waals surface area contributed by atoms with Crippen LogP contribution in [0.15, 0.2) is 24.3 Å². The van der Waals surface area contributed by atoms with Crippen LogP contribution in [0.4, 0.5) is 0 Å². The van der Waals surface area contributed by atoms with Crippen molar-refractivity contribution in [1.82, 2.24) is 10.3 Å². The number of hydrogen-bond donors (Lipinski definition) is 1. The maximum atomic E-state index is 12.5. The van der Waals surface area contributed by atoms with Crippen molar-refractivity contribution < 1.29 is 4.79 Å². The second-order valence-corrected chi connectivity index (χ2v) is 5.92. The van der Waals surface area contributed by atoms with Crippen molar-refractivity contribution in [2.75, 3.05) is 0 Å². The van der Waals surface area contributed by atoms with E-state index in [0.717, 1.165) is 27.7 Å². The lowest BCUT2D eigenvalue weighted by molar-refractivity contribution is 0.0920. The molecule has 2 aromatic rings. The van der Waals surface area contributed by atoms with E-state index in [0.29, 0.717) is 0 Å². The first kappa shape index (κ1) is 13.5. The van der Waals surface area contributed by atoms with Crippen molar-refractivity contribution >= 4 is 16.8 Å². The van der Waals surface area contributed by atoms with Gasteiger partial charge in [-0.2, -0.15) is 0 Å². The molecule has 1 aromatic heterocycles. The molecule has 19 heavy (non-hydrogen) atoms. The molecule has 1 N–H and O–H groups in total. The average Bonchev–Trinajstić information content (AvgIpc) is 2.28. The number of aromatic nitrogens is 1. The van der Waals surface area contributed by atoms with Crippen LogP contribution in [0.25, 0.3) is 10.9 Å². The number of carbonyl (C=O) groups excluding carboxylic acids is 1. The van der Waals surface area contributed by atoms with Gasteiger partial charge in [0.2, 0.25) is 0 Å². The van der Waals surface area contributed by atoms with Crippen molar-refractivity contribution in [3.05, 3.63) is 41.1 Å². The second kappa shape index (κ2) is 4.65. The minimum Gasteiger partial charge on any atom is -0.347 e. The van der Waals surface area contributed by atoms with Crippen LogP contribution in [0.5, 0.6) is 0 Å². The van der Waals surface area contributed by atoms with Gasteiger partial charge in [-0.05, 0) is 46.2 Å². The van der Waals surface area contributed by atoms with Gasteiger partial charge in [0.25, 0.3) is 5.91 Å². The fraction of sp³-hybridized carbons (Fsp3) is 0.375. The predicted octanol–water partition coefficient (Wildman–Crippen LogP) is 3.38. The summed E-state index contributed by atoms with van der Waals surface area (Å²) in [7, 11) is 0. The van der Waals surface area contributed by atoms with E-state index in [9.17, 15) is 4.79 Å². The zero-order valence-electron chi connectivity index (χ0n) is 12.2. The van der Waals surface area contributed by atoms with Crippen LogP contribution >= 0.6 is 0 Å². The molecule has 0 aliphatic heterocycles. The third kappa shape index (κ3) is 2.75. The molecule has 0 bridgehead atoms. The number of aryl methyl sites for hydroxylation is 1. The first-order valence-electron chi connectivity index (χ1n) is 6.48. The highest BCUT2D eigenvalue weighted by molar-refractivity contribution is 6.07. The minimum atomic E-state index is -0.248. The summed E-state index contributed by atoms with van der Waals surface area (Å²) in [4.78, 5) is 17.0. The molecule has 0 spiro atoms. The van der Waals surface area contributed by atoms with E-state index in [4.69, 9.17) is 0 Å². The van der Waals surface area contributed by atoms with Gasteiger partial charge < -0.3 is 5.32 Å². The Kier molecular flexibility index (Phi) is 3.31. The number of hydrogen-bond acceptors (Lipinski definition) is 2. The Morgan fingerprint density at radius 3 is 2.42 bits per heavy atom. The van der Waals surface area contributed by atoms with Crippen molar-refractivity contribution in [3.63, 3.8) is 0 Å². The highest BCUT2D eigenvalue weighted by atomic mass is 16.1. The predicted molar refractivity (Wildman–Crippen MR) is 78.4 cm³/mol. The van der Waals surface area contributed by atoms with Crippen LogP contribution in [0.2, 0.25) is 0 Å². The van der Waals surface area contributed by atoms with Crippen molar-refractivity contribution in [3.8, 4) is 0 Å². The number of nitrogens with one attached hydrogen (secondary N) is 1. The van der Waals surface area contributed by atoms with Gasteiger partial charge in [-0.15, -0.1) is 0 Å². The van der Waals surface area contributed by atoms with E-state index in [1.807, 2.05) is 58.9 Å². The Morgan fingerprint density at radius 1 is 1.16 bits per heavy atom. The normalized spacial score (nSPS) is 11.6. The van der Waals surface area contributed by atoms with E-state index >= 15 is 0 Å². The first-order chi connectivity index (χ1) is 8.79. The zero-order valence-corrected chi connectivity index (χ0v) is 12.2. The highest BCUT2D eigenvalue weighted by Crippen LogP contribution is 2.23. The molecule has 0 saturated heterocycles. The number of pyridine rings is 1. The summed E-state index contributed by atoms with van der Waals surface area (Å²) in [5, 5.41) is 3.94. The van der Waals surface area contributed by atoms with Gasteiger partial charge in [-0.3, -0.25) is 9.78 Å². The number of para-hydroxylation sites is 1. The van der Waals surface area contributed by atoms with Crippen LogP contribution in [-0.4, -0.2) is 16.4 Å². The molecule has 2 rings (SSSR count). The van der Waals surface area contributed by atoms with Crippen molar-refractivity contribution in [2.24, 2.45) is 0 Å². The fourth-order valence-electron chi connectivity index (χ4n) is 2.13. The molecule has 0 saturated carbocycles. The second-order valence-electron chi connectivity index (χ2n) is 5.92. The zero-order chi connectivity index (χ0) is 14.2. The van der Waals surface area contributed by atoms with Crippen LogP contribution in [0.3, 0.4) is 0 Å². The molecule has 0 atom stereocenters. The highest BCUT2D eigenvalue weighted by Gasteiger charge is 2.20. The summed E-state index contributed by atoms with van der Waals surface area (Å²) < 4.78 is 0. The lowest BCUT2D eigenvalue weighted by Gasteiger charge is -2.22. The summed E-state index contributed by atoms with van der Waals surface area (Å²) in [5.41, 5.74) is 3.20. The van der Waals surface area contributed by atoms with Crippen LogP contribution in [-0.2, 0) is 0 Å². The quantitative estimate of drug-likeness (QED) is 0.850. The standard InChI is InChI=1S/C16H20N2O/c1-10-11(2)17-13-9-7-6-8-12(13)14(10)15(19)18-16(3,4)5/h6-9H,1-5H3,(H,18,19). The molecule has 0 unspecified atom stereocenters. The van der Waals surface area contributed by atoms with E-state index < -0.39 is 0 Å². The topological polar surface area (TPSA) is 42.0 Å². The van der Waals surface area contributed by atoms with E-state index in [-0.39, 0.29) is 11.4 Å². The molecule has 0 fully saturated rings. The monoisotopic (exact) mass is 256 g/mol. The lowest BCUT2D eigenvalue weighted by Crippen LogP contribution is -2.41.